The first-order valence-electron chi connectivity index (χ1n) is 6.23. The van der Waals surface area contributed by atoms with Crippen LogP contribution in [0.4, 0.5) is 22.7 Å². The molecule has 1 aromatic rings. The van der Waals surface area contributed by atoms with Gasteiger partial charge in [0.2, 0.25) is 0 Å². The number of unbranched alkanes of at least 4 members (excludes halogenated alkanes) is 1. The third-order valence-electron chi connectivity index (χ3n) is 2.84. The lowest BCUT2D eigenvalue weighted by molar-refractivity contribution is -0.497. The topological polar surface area (TPSA) is 176 Å². The first-order chi connectivity index (χ1) is 10.7. The largest absolute Gasteiger partial charge is 0.312 e. The molecule has 13 nitrogen and oxygen atoms in total. The fourth-order valence-corrected chi connectivity index (χ4v) is 1.82. The van der Waals surface area contributed by atoms with Crippen molar-refractivity contribution >= 4 is 22.7 Å². The monoisotopic (exact) mass is 329 g/mol. The van der Waals surface area contributed by atoms with Crippen LogP contribution in [0, 0.1) is 40.5 Å². The normalized spacial score (nSPS) is 10.1. The highest BCUT2D eigenvalue weighted by atomic mass is 16.7. The SMILES string of the molecule is CCCCN(c1c([N+](=O)[O-])cc([N+](=O)[O-])cc1[N+](=O)[O-])[N+](=O)[O-]. The van der Waals surface area contributed by atoms with E-state index >= 15 is 0 Å². The average Bonchev–Trinajstić information content (AvgIpc) is 2.46. The van der Waals surface area contributed by atoms with Crippen molar-refractivity contribution < 1.29 is 19.8 Å². The minimum absolute atomic E-state index is 0.242. The second-order valence-electron chi connectivity index (χ2n) is 4.32. The van der Waals surface area contributed by atoms with Gasteiger partial charge in [-0.3, -0.25) is 30.3 Å². The number of hydrogen-bond donors (Lipinski definition) is 0. The third kappa shape index (κ3) is 3.84. The molecule has 0 saturated carbocycles. The zero-order valence-corrected chi connectivity index (χ0v) is 11.8. The van der Waals surface area contributed by atoms with Crippen LogP contribution in [-0.2, 0) is 0 Å². The summed E-state index contributed by atoms with van der Waals surface area (Å²) in [5, 5.41) is 43.3. The van der Waals surface area contributed by atoms with E-state index in [0.29, 0.717) is 18.6 Å². The van der Waals surface area contributed by atoms with Crippen LogP contribution in [0.3, 0.4) is 0 Å². The van der Waals surface area contributed by atoms with Crippen molar-refractivity contribution in [3.8, 4) is 0 Å². The maximum absolute atomic E-state index is 11.1. The Morgan fingerprint density at radius 2 is 1.39 bits per heavy atom. The van der Waals surface area contributed by atoms with E-state index in [-0.39, 0.29) is 18.0 Å². The summed E-state index contributed by atoms with van der Waals surface area (Å²) < 4.78 is 0. The summed E-state index contributed by atoms with van der Waals surface area (Å²) in [6.07, 6.45) is 0.741. The van der Waals surface area contributed by atoms with E-state index in [1.54, 1.807) is 6.92 Å². The van der Waals surface area contributed by atoms with Crippen LogP contribution in [0.1, 0.15) is 19.8 Å². The van der Waals surface area contributed by atoms with Gasteiger partial charge in [-0.2, -0.15) is 0 Å². The van der Waals surface area contributed by atoms with Gasteiger partial charge < -0.3 is 0 Å². The summed E-state index contributed by atoms with van der Waals surface area (Å²) in [5.74, 6) is 0. The zero-order chi connectivity index (χ0) is 17.7. The molecule has 0 aliphatic carbocycles. The molecule has 0 aromatic heterocycles. The minimum Gasteiger partial charge on any atom is -0.258 e. The summed E-state index contributed by atoms with van der Waals surface area (Å²) in [4.78, 5) is 40.7. The van der Waals surface area contributed by atoms with Crippen LogP contribution in [0.5, 0.6) is 0 Å². The van der Waals surface area contributed by atoms with Crippen molar-refractivity contribution in [2.75, 3.05) is 11.6 Å². The molecule has 0 fully saturated rings. The Morgan fingerprint density at radius 1 is 0.913 bits per heavy atom. The van der Waals surface area contributed by atoms with Crippen molar-refractivity contribution in [1.82, 2.24) is 0 Å². The number of nitro groups is 4. The van der Waals surface area contributed by atoms with Gasteiger partial charge in [0, 0.05) is 0 Å². The van der Waals surface area contributed by atoms with Crippen LogP contribution >= 0.6 is 0 Å². The van der Waals surface area contributed by atoms with Crippen LogP contribution < -0.4 is 5.01 Å². The van der Waals surface area contributed by atoms with Gasteiger partial charge in [0.15, 0.2) is 5.03 Å². The van der Waals surface area contributed by atoms with Crippen molar-refractivity contribution in [3.05, 3.63) is 52.6 Å². The fraction of sp³-hybridized carbons (Fsp3) is 0.400. The van der Waals surface area contributed by atoms with Crippen molar-refractivity contribution in [1.29, 1.82) is 0 Å². The number of nitrogens with zero attached hydrogens (tertiary/aromatic N) is 5. The molecule has 0 aliphatic rings. The van der Waals surface area contributed by atoms with Gasteiger partial charge in [0.25, 0.3) is 11.4 Å². The van der Waals surface area contributed by atoms with Gasteiger partial charge >= 0.3 is 11.4 Å². The molecule has 0 heterocycles. The predicted molar refractivity (Wildman–Crippen MR) is 75.7 cm³/mol. The number of anilines is 1. The van der Waals surface area contributed by atoms with Gasteiger partial charge in [-0.15, -0.1) is 0 Å². The maximum atomic E-state index is 11.1. The Kier molecular flexibility index (Phi) is 5.42. The number of hydrogen-bond acceptors (Lipinski definition) is 8. The molecule has 0 spiro atoms. The molecule has 1 aromatic carbocycles. The predicted octanol–water partition coefficient (Wildman–Crippen LogP) is 2.21. The van der Waals surface area contributed by atoms with E-state index in [0.717, 1.165) is 0 Å². The number of nitro benzene ring substituents is 3. The fourth-order valence-electron chi connectivity index (χ4n) is 1.82. The molecule has 0 unspecified atom stereocenters. The van der Waals surface area contributed by atoms with Crippen LogP contribution in [-0.4, -0.2) is 26.3 Å². The molecular formula is C10H11N5O8. The number of hydrazine groups is 1. The zero-order valence-electron chi connectivity index (χ0n) is 11.8. The minimum atomic E-state index is -1.13. The molecule has 0 N–H and O–H groups in total. The highest BCUT2D eigenvalue weighted by Crippen LogP contribution is 2.41. The van der Waals surface area contributed by atoms with Crippen LogP contribution in [0.2, 0.25) is 0 Å². The summed E-state index contributed by atoms with van der Waals surface area (Å²) >= 11 is 0. The lowest BCUT2D eigenvalue weighted by atomic mass is 10.2. The Hall–Kier alpha value is -3.38. The maximum Gasteiger partial charge on any atom is 0.312 e. The highest BCUT2D eigenvalue weighted by molar-refractivity contribution is 5.77. The first kappa shape index (κ1) is 17.7. The molecule has 0 amide bonds. The lowest BCUT2D eigenvalue weighted by Crippen LogP contribution is -2.32. The molecular weight excluding hydrogens is 318 g/mol. The quantitative estimate of drug-likeness (QED) is 0.510. The first-order valence-corrected chi connectivity index (χ1v) is 6.23. The molecule has 0 saturated heterocycles. The van der Waals surface area contributed by atoms with Crippen LogP contribution in [0.25, 0.3) is 0 Å². The second kappa shape index (κ2) is 7.06. The molecule has 13 heteroatoms. The Balaban J connectivity index is 3.71. The standard InChI is InChI=1S/C10H11N5O8/c1-2-3-4-11(15(22)23)10-8(13(18)19)5-7(12(16)17)6-9(10)14(20)21/h5-6H,2-4H2,1H3. The molecule has 124 valence electrons. The lowest BCUT2D eigenvalue weighted by Gasteiger charge is -2.13. The summed E-state index contributed by atoms with van der Waals surface area (Å²) in [7, 11) is 0. The summed E-state index contributed by atoms with van der Waals surface area (Å²) in [5.41, 5.74) is -3.92. The van der Waals surface area contributed by atoms with Gasteiger partial charge in [-0.25, -0.2) is 10.1 Å². The van der Waals surface area contributed by atoms with Gasteiger partial charge in [0.1, 0.15) is 0 Å². The highest BCUT2D eigenvalue weighted by Gasteiger charge is 2.38. The van der Waals surface area contributed by atoms with Crippen molar-refractivity contribution in [3.63, 3.8) is 0 Å². The molecule has 1 rings (SSSR count). The Morgan fingerprint density at radius 3 is 1.70 bits per heavy atom. The van der Waals surface area contributed by atoms with Crippen molar-refractivity contribution in [2.45, 2.75) is 19.8 Å². The number of rotatable bonds is 8. The molecule has 0 atom stereocenters. The number of non-ortho nitro benzene ring substituents is 1. The van der Waals surface area contributed by atoms with E-state index < -0.39 is 42.6 Å². The van der Waals surface area contributed by atoms with Crippen molar-refractivity contribution in [2.24, 2.45) is 0 Å². The van der Waals surface area contributed by atoms with Gasteiger partial charge in [-0.1, -0.05) is 18.4 Å². The molecule has 0 aliphatic heterocycles. The molecule has 0 bridgehead atoms. The second-order valence-corrected chi connectivity index (χ2v) is 4.32. The average molecular weight is 329 g/mol. The van der Waals surface area contributed by atoms with E-state index in [4.69, 9.17) is 0 Å². The van der Waals surface area contributed by atoms with E-state index in [1.165, 1.54) is 0 Å². The van der Waals surface area contributed by atoms with Gasteiger partial charge in [0.05, 0.1) is 33.4 Å². The smallest absolute Gasteiger partial charge is 0.258 e. The Labute approximate surface area is 127 Å². The van der Waals surface area contributed by atoms with E-state index in [2.05, 4.69) is 0 Å². The van der Waals surface area contributed by atoms with E-state index in [1.807, 2.05) is 0 Å². The van der Waals surface area contributed by atoms with Crippen LogP contribution in [0.15, 0.2) is 12.1 Å². The summed E-state index contributed by atoms with van der Waals surface area (Å²) in [6, 6.07) is 0.926. The Bertz CT molecular complexity index is 640. The third-order valence-corrected chi connectivity index (χ3v) is 2.84. The van der Waals surface area contributed by atoms with Gasteiger partial charge in [-0.05, 0) is 6.42 Å². The summed E-state index contributed by atoms with van der Waals surface area (Å²) in [6.45, 7) is 1.39. The number of benzene rings is 1. The van der Waals surface area contributed by atoms with E-state index in [9.17, 15) is 40.5 Å². The molecule has 23 heavy (non-hydrogen) atoms. The molecule has 0 radical (unpaired) electrons.